The van der Waals surface area contributed by atoms with Crippen LogP contribution < -0.4 is 5.32 Å². The molecular weight excluding hydrogens is 238 g/mol. The van der Waals surface area contributed by atoms with Crippen LogP contribution in [0.25, 0.3) is 0 Å². The van der Waals surface area contributed by atoms with E-state index in [2.05, 4.69) is 10.3 Å². The van der Waals surface area contributed by atoms with Gasteiger partial charge in [-0.3, -0.25) is 0 Å². The minimum Gasteiger partial charge on any atom is -0.382 e. The number of rotatable bonds is 9. The first-order valence-electron chi connectivity index (χ1n) is 5.65. The van der Waals surface area contributed by atoms with Crippen LogP contribution >= 0.6 is 0 Å². The second-order valence-electron chi connectivity index (χ2n) is 3.55. The predicted octanol–water partition coefficient (Wildman–Crippen LogP) is 1.45. The van der Waals surface area contributed by atoms with E-state index in [1.807, 2.05) is 0 Å². The van der Waals surface area contributed by atoms with Crippen molar-refractivity contribution < 1.29 is 14.4 Å². The fourth-order valence-corrected chi connectivity index (χ4v) is 1.25. The number of hydrogen-bond donors (Lipinski definition) is 1. The molecule has 1 heterocycles. The predicted molar refractivity (Wildman–Crippen MR) is 66.7 cm³/mol. The number of nitrogens with zero attached hydrogens (tertiary/aromatic N) is 2. The maximum atomic E-state index is 10.4. The monoisotopic (exact) mass is 255 g/mol. The number of nitrogens with one attached hydrogen (secondary N) is 1. The zero-order chi connectivity index (χ0) is 13.2. The molecule has 0 atom stereocenters. The topological polar surface area (TPSA) is 86.5 Å². The molecule has 0 amide bonds. The molecule has 0 unspecified atom stereocenters. The SMILES string of the molecule is COCCOCCCNc1ccc([N+](=O)[O-])nc1. The number of nitro groups is 1. The van der Waals surface area contributed by atoms with Gasteiger partial charge in [0.05, 0.1) is 18.9 Å². The van der Waals surface area contributed by atoms with Crippen LogP contribution in [0.5, 0.6) is 0 Å². The Labute approximate surface area is 105 Å². The van der Waals surface area contributed by atoms with E-state index in [0.717, 1.165) is 18.7 Å². The maximum Gasteiger partial charge on any atom is 0.363 e. The largest absolute Gasteiger partial charge is 0.382 e. The van der Waals surface area contributed by atoms with Gasteiger partial charge in [-0.25, -0.2) is 0 Å². The molecule has 1 aromatic heterocycles. The van der Waals surface area contributed by atoms with Gasteiger partial charge >= 0.3 is 5.82 Å². The van der Waals surface area contributed by atoms with E-state index in [4.69, 9.17) is 9.47 Å². The summed E-state index contributed by atoms with van der Waals surface area (Å²) in [6.07, 6.45) is 2.30. The highest BCUT2D eigenvalue weighted by Gasteiger charge is 2.05. The van der Waals surface area contributed by atoms with Crippen LogP contribution in [0.1, 0.15) is 6.42 Å². The van der Waals surface area contributed by atoms with E-state index in [-0.39, 0.29) is 5.82 Å². The van der Waals surface area contributed by atoms with Crippen molar-refractivity contribution in [3.63, 3.8) is 0 Å². The Kier molecular flexibility index (Phi) is 6.67. The van der Waals surface area contributed by atoms with Crippen LogP contribution in [-0.2, 0) is 9.47 Å². The van der Waals surface area contributed by atoms with E-state index in [1.54, 1.807) is 13.2 Å². The maximum absolute atomic E-state index is 10.4. The first kappa shape index (κ1) is 14.3. The lowest BCUT2D eigenvalue weighted by atomic mass is 10.3. The third-order valence-corrected chi connectivity index (χ3v) is 2.16. The van der Waals surface area contributed by atoms with Gasteiger partial charge in [0.1, 0.15) is 0 Å². The second-order valence-corrected chi connectivity index (χ2v) is 3.55. The molecule has 7 nitrogen and oxygen atoms in total. The number of methoxy groups -OCH3 is 1. The summed E-state index contributed by atoms with van der Waals surface area (Å²) in [6, 6.07) is 3.01. The third kappa shape index (κ3) is 5.55. The Balaban J connectivity index is 2.14. The molecule has 1 N–H and O–H groups in total. The van der Waals surface area contributed by atoms with Crippen molar-refractivity contribution in [1.29, 1.82) is 0 Å². The lowest BCUT2D eigenvalue weighted by Crippen LogP contribution is -2.08. The summed E-state index contributed by atoms with van der Waals surface area (Å²) in [4.78, 5) is 13.6. The van der Waals surface area contributed by atoms with Crippen molar-refractivity contribution in [3.05, 3.63) is 28.4 Å². The van der Waals surface area contributed by atoms with Crippen molar-refractivity contribution in [2.75, 3.05) is 38.8 Å². The summed E-state index contributed by atoms with van der Waals surface area (Å²) in [7, 11) is 1.63. The van der Waals surface area contributed by atoms with E-state index >= 15 is 0 Å². The first-order chi connectivity index (χ1) is 8.74. The van der Waals surface area contributed by atoms with Gasteiger partial charge in [-0.2, -0.15) is 0 Å². The Morgan fingerprint density at radius 3 is 2.83 bits per heavy atom. The molecule has 0 aliphatic rings. The van der Waals surface area contributed by atoms with Crippen LogP contribution in [0.3, 0.4) is 0 Å². The molecule has 1 rings (SSSR count). The molecule has 0 spiro atoms. The summed E-state index contributed by atoms with van der Waals surface area (Å²) >= 11 is 0. The standard InChI is InChI=1S/C11H17N3O4/c1-17-7-8-18-6-2-5-12-10-3-4-11(13-9-10)14(15)16/h3-4,9,12H,2,5-8H2,1H3. The summed E-state index contributed by atoms with van der Waals surface area (Å²) in [5.41, 5.74) is 0.762. The van der Waals surface area contributed by atoms with Gasteiger partial charge in [0.2, 0.25) is 0 Å². The van der Waals surface area contributed by atoms with Crippen molar-refractivity contribution >= 4 is 11.5 Å². The van der Waals surface area contributed by atoms with Crippen molar-refractivity contribution in [1.82, 2.24) is 4.98 Å². The zero-order valence-electron chi connectivity index (χ0n) is 10.3. The van der Waals surface area contributed by atoms with Crippen LogP contribution in [0, 0.1) is 10.1 Å². The van der Waals surface area contributed by atoms with Crippen molar-refractivity contribution in [2.45, 2.75) is 6.42 Å². The van der Waals surface area contributed by atoms with Crippen LogP contribution in [0.2, 0.25) is 0 Å². The van der Waals surface area contributed by atoms with Gasteiger partial charge in [0.25, 0.3) is 0 Å². The van der Waals surface area contributed by atoms with Gasteiger partial charge in [-0.1, -0.05) is 0 Å². The van der Waals surface area contributed by atoms with Gasteiger partial charge in [0.15, 0.2) is 6.20 Å². The quantitative estimate of drug-likeness (QED) is 0.408. The average Bonchev–Trinajstić information content (AvgIpc) is 2.38. The molecule has 0 aromatic carbocycles. The van der Waals surface area contributed by atoms with Crippen molar-refractivity contribution in [2.24, 2.45) is 0 Å². The molecule has 0 bridgehead atoms. The minimum atomic E-state index is -0.520. The van der Waals surface area contributed by atoms with Crippen LogP contribution in [-0.4, -0.2) is 43.4 Å². The lowest BCUT2D eigenvalue weighted by Gasteiger charge is -2.05. The Morgan fingerprint density at radius 2 is 2.22 bits per heavy atom. The van der Waals surface area contributed by atoms with Crippen molar-refractivity contribution in [3.8, 4) is 0 Å². The highest BCUT2D eigenvalue weighted by atomic mass is 16.6. The van der Waals surface area contributed by atoms with Crippen LogP contribution in [0.15, 0.2) is 18.3 Å². The summed E-state index contributed by atoms with van der Waals surface area (Å²) in [5, 5.41) is 13.5. The van der Waals surface area contributed by atoms with E-state index < -0.39 is 4.92 Å². The number of pyridine rings is 1. The Hall–Kier alpha value is -1.73. The molecule has 100 valence electrons. The zero-order valence-corrected chi connectivity index (χ0v) is 10.3. The Morgan fingerprint density at radius 1 is 1.39 bits per heavy atom. The van der Waals surface area contributed by atoms with E-state index in [9.17, 15) is 10.1 Å². The average molecular weight is 255 g/mol. The molecule has 18 heavy (non-hydrogen) atoms. The molecular formula is C11H17N3O4. The summed E-state index contributed by atoms with van der Waals surface area (Å²) in [5.74, 6) is -0.150. The molecule has 0 radical (unpaired) electrons. The van der Waals surface area contributed by atoms with Crippen LogP contribution in [0.4, 0.5) is 11.5 Å². The number of hydrogen-bond acceptors (Lipinski definition) is 6. The Bertz CT molecular complexity index is 356. The highest BCUT2D eigenvalue weighted by Crippen LogP contribution is 2.10. The first-order valence-corrected chi connectivity index (χ1v) is 5.65. The fourth-order valence-electron chi connectivity index (χ4n) is 1.25. The second kappa shape index (κ2) is 8.37. The smallest absolute Gasteiger partial charge is 0.363 e. The van der Waals surface area contributed by atoms with Gasteiger partial charge in [-0.05, 0) is 22.4 Å². The van der Waals surface area contributed by atoms with E-state index in [0.29, 0.717) is 19.8 Å². The summed E-state index contributed by atoms with van der Waals surface area (Å²) < 4.78 is 10.1. The number of aromatic nitrogens is 1. The molecule has 0 aliphatic heterocycles. The van der Waals surface area contributed by atoms with E-state index in [1.165, 1.54) is 12.3 Å². The third-order valence-electron chi connectivity index (χ3n) is 2.16. The summed E-state index contributed by atoms with van der Waals surface area (Å²) in [6.45, 7) is 2.57. The molecule has 0 saturated heterocycles. The molecule has 7 heteroatoms. The van der Waals surface area contributed by atoms with Gasteiger partial charge in [0, 0.05) is 26.3 Å². The van der Waals surface area contributed by atoms with Gasteiger partial charge < -0.3 is 24.9 Å². The normalized spacial score (nSPS) is 10.3. The molecule has 0 aliphatic carbocycles. The fraction of sp³-hybridized carbons (Fsp3) is 0.545. The molecule has 0 fully saturated rings. The minimum absolute atomic E-state index is 0.150. The molecule has 1 aromatic rings. The number of ether oxygens (including phenoxy) is 2. The highest BCUT2D eigenvalue weighted by molar-refractivity contribution is 5.43. The van der Waals surface area contributed by atoms with Gasteiger partial charge in [-0.15, -0.1) is 0 Å². The lowest BCUT2D eigenvalue weighted by molar-refractivity contribution is -0.389. The molecule has 0 saturated carbocycles. The number of anilines is 1.